The van der Waals surface area contributed by atoms with E-state index in [9.17, 15) is 0 Å². The van der Waals surface area contributed by atoms with Crippen LogP contribution in [0.2, 0.25) is 0 Å². The van der Waals surface area contributed by atoms with E-state index < -0.39 is 0 Å². The smallest absolute Gasteiger partial charge is 0.0431 e. The Morgan fingerprint density at radius 2 is 1.73 bits per heavy atom. The maximum atomic E-state index is 8.56. The number of hydrogen-bond donors (Lipinski definition) is 1. The Labute approximate surface area is 70.8 Å². The van der Waals surface area contributed by atoms with E-state index in [-0.39, 0.29) is 0 Å². The zero-order valence-electron chi connectivity index (χ0n) is 7.97. The highest BCUT2D eigenvalue weighted by Gasteiger charge is 1.99. The number of aliphatic hydroxyl groups is 1. The molecule has 0 aromatic rings. The minimum absolute atomic E-state index is 0.362. The van der Waals surface area contributed by atoms with E-state index in [1.807, 2.05) is 0 Å². The molecule has 1 heteroatoms. The fourth-order valence-electron chi connectivity index (χ4n) is 1.30. The van der Waals surface area contributed by atoms with E-state index >= 15 is 0 Å². The number of rotatable bonds is 7. The third-order valence-corrected chi connectivity index (χ3v) is 2.16. The molecule has 0 heterocycles. The van der Waals surface area contributed by atoms with E-state index in [2.05, 4.69) is 13.8 Å². The van der Waals surface area contributed by atoms with Gasteiger partial charge in [-0.1, -0.05) is 46.0 Å². The lowest BCUT2D eigenvalue weighted by atomic mass is 9.98. The highest BCUT2D eigenvalue weighted by molar-refractivity contribution is 4.53. The predicted molar refractivity (Wildman–Crippen MR) is 49.6 cm³/mol. The van der Waals surface area contributed by atoms with Gasteiger partial charge in [-0.25, -0.2) is 0 Å². The second kappa shape index (κ2) is 8.06. The minimum atomic E-state index is 0.362. The van der Waals surface area contributed by atoms with Gasteiger partial charge in [-0.05, 0) is 12.3 Å². The molecule has 0 rings (SSSR count). The lowest BCUT2D eigenvalue weighted by Crippen LogP contribution is -1.95. The molecule has 1 nitrogen and oxygen atoms in total. The van der Waals surface area contributed by atoms with Gasteiger partial charge in [0.25, 0.3) is 0 Å². The summed E-state index contributed by atoms with van der Waals surface area (Å²) >= 11 is 0. The highest BCUT2D eigenvalue weighted by atomic mass is 16.2. The fraction of sp³-hybridized carbons (Fsp3) is 1.00. The van der Waals surface area contributed by atoms with Crippen molar-refractivity contribution in [3.05, 3.63) is 0 Å². The van der Waals surface area contributed by atoms with E-state index in [0.29, 0.717) is 6.61 Å². The third-order valence-electron chi connectivity index (χ3n) is 2.16. The molecule has 11 heavy (non-hydrogen) atoms. The Morgan fingerprint density at radius 3 is 2.27 bits per heavy atom. The zero-order valence-corrected chi connectivity index (χ0v) is 7.97. The van der Waals surface area contributed by atoms with Gasteiger partial charge in [0.05, 0.1) is 0 Å². The summed E-state index contributed by atoms with van der Waals surface area (Å²) in [4.78, 5) is 0. The van der Waals surface area contributed by atoms with Crippen molar-refractivity contribution < 1.29 is 5.11 Å². The summed E-state index contributed by atoms with van der Waals surface area (Å²) in [6.07, 6.45) is 7.50. The summed E-state index contributed by atoms with van der Waals surface area (Å²) in [5.41, 5.74) is 0. The van der Waals surface area contributed by atoms with Crippen LogP contribution in [0.25, 0.3) is 0 Å². The van der Waals surface area contributed by atoms with E-state index in [0.717, 1.165) is 12.3 Å². The van der Waals surface area contributed by atoms with Crippen LogP contribution in [0.1, 0.15) is 52.4 Å². The second-order valence-electron chi connectivity index (χ2n) is 3.47. The lowest BCUT2D eigenvalue weighted by molar-refractivity contribution is 0.277. The van der Waals surface area contributed by atoms with Crippen LogP contribution in [-0.4, -0.2) is 11.7 Å². The van der Waals surface area contributed by atoms with Gasteiger partial charge in [0.15, 0.2) is 0 Å². The minimum Gasteiger partial charge on any atom is -0.396 e. The molecule has 0 aliphatic carbocycles. The molecule has 68 valence electrons. The quantitative estimate of drug-likeness (QED) is 0.565. The monoisotopic (exact) mass is 158 g/mol. The molecule has 0 saturated carbocycles. The van der Waals surface area contributed by atoms with Crippen LogP contribution >= 0.6 is 0 Å². The zero-order chi connectivity index (χ0) is 8.53. The molecule has 0 aromatic carbocycles. The van der Waals surface area contributed by atoms with Crippen molar-refractivity contribution in [2.45, 2.75) is 52.4 Å². The first-order valence-corrected chi connectivity index (χ1v) is 4.92. The van der Waals surface area contributed by atoms with Crippen LogP contribution in [0.15, 0.2) is 0 Å². The first-order valence-electron chi connectivity index (χ1n) is 4.92. The summed E-state index contributed by atoms with van der Waals surface area (Å²) in [6.45, 7) is 4.91. The fourth-order valence-corrected chi connectivity index (χ4v) is 1.30. The van der Waals surface area contributed by atoms with Crippen LogP contribution in [-0.2, 0) is 0 Å². The predicted octanol–water partition coefficient (Wildman–Crippen LogP) is 2.98. The third kappa shape index (κ3) is 7.86. The normalized spacial score (nSPS) is 13.4. The van der Waals surface area contributed by atoms with Crippen molar-refractivity contribution in [2.75, 3.05) is 6.61 Å². The van der Waals surface area contributed by atoms with E-state index in [1.54, 1.807) is 0 Å². The van der Waals surface area contributed by atoms with Crippen LogP contribution in [0, 0.1) is 5.92 Å². The molecule has 0 spiro atoms. The molecule has 1 N–H and O–H groups in total. The maximum Gasteiger partial charge on any atom is 0.0431 e. The SMILES string of the molecule is CCCCC(C)CCCCO. The number of aliphatic hydroxyl groups excluding tert-OH is 1. The summed E-state index contributed by atoms with van der Waals surface area (Å²) in [5.74, 6) is 0.862. The molecule has 1 unspecified atom stereocenters. The molecule has 0 amide bonds. The largest absolute Gasteiger partial charge is 0.396 e. The van der Waals surface area contributed by atoms with Crippen molar-refractivity contribution in [2.24, 2.45) is 5.92 Å². The van der Waals surface area contributed by atoms with Gasteiger partial charge in [0.2, 0.25) is 0 Å². The molecule has 1 atom stereocenters. The van der Waals surface area contributed by atoms with Crippen molar-refractivity contribution in [1.82, 2.24) is 0 Å². The summed E-state index contributed by atoms with van der Waals surface area (Å²) in [7, 11) is 0. The lowest BCUT2D eigenvalue weighted by Gasteiger charge is -2.08. The molecule has 0 aromatic heterocycles. The Kier molecular flexibility index (Phi) is 8.03. The molecule has 0 bridgehead atoms. The molecule has 0 aliphatic rings. The maximum absolute atomic E-state index is 8.56. The number of unbranched alkanes of at least 4 members (excludes halogenated alkanes) is 2. The van der Waals surface area contributed by atoms with E-state index in [1.165, 1.54) is 32.1 Å². The topological polar surface area (TPSA) is 20.2 Å². The first-order chi connectivity index (χ1) is 5.31. The molecule has 0 aliphatic heterocycles. The summed E-state index contributed by atoms with van der Waals surface area (Å²) in [5, 5.41) is 8.56. The van der Waals surface area contributed by atoms with Crippen molar-refractivity contribution in [3.8, 4) is 0 Å². The van der Waals surface area contributed by atoms with Crippen LogP contribution < -0.4 is 0 Å². The Bertz CT molecular complexity index is 71.3. The average Bonchev–Trinajstić information content (AvgIpc) is 2.01. The van der Waals surface area contributed by atoms with Crippen LogP contribution in [0.5, 0.6) is 0 Å². The van der Waals surface area contributed by atoms with Crippen molar-refractivity contribution >= 4 is 0 Å². The summed E-state index contributed by atoms with van der Waals surface area (Å²) < 4.78 is 0. The molecular weight excluding hydrogens is 136 g/mol. The van der Waals surface area contributed by atoms with Crippen molar-refractivity contribution in [1.29, 1.82) is 0 Å². The van der Waals surface area contributed by atoms with Crippen LogP contribution in [0.3, 0.4) is 0 Å². The van der Waals surface area contributed by atoms with Gasteiger partial charge >= 0.3 is 0 Å². The Balaban J connectivity index is 3.02. The molecule has 0 fully saturated rings. The van der Waals surface area contributed by atoms with Gasteiger partial charge in [0, 0.05) is 6.61 Å². The van der Waals surface area contributed by atoms with Crippen LogP contribution in [0.4, 0.5) is 0 Å². The molecule has 0 radical (unpaired) electrons. The second-order valence-corrected chi connectivity index (χ2v) is 3.47. The van der Waals surface area contributed by atoms with Gasteiger partial charge in [-0.2, -0.15) is 0 Å². The Morgan fingerprint density at radius 1 is 1.09 bits per heavy atom. The average molecular weight is 158 g/mol. The van der Waals surface area contributed by atoms with Gasteiger partial charge < -0.3 is 5.11 Å². The van der Waals surface area contributed by atoms with Gasteiger partial charge in [0.1, 0.15) is 0 Å². The van der Waals surface area contributed by atoms with E-state index in [4.69, 9.17) is 5.11 Å². The standard InChI is InChI=1S/C10H22O/c1-3-4-7-10(2)8-5-6-9-11/h10-11H,3-9H2,1-2H3. The Hall–Kier alpha value is -0.0400. The number of hydrogen-bond acceptors (Lipinski definition) is 1. The van der Waals surface area contributed by atoms with Crippen molar-refractivity contribution in [3.63, 3.8) is 0 Å². The first kappa shape index (κ1) is 11.0. The summed E-state index contributed by atoms with van der Waals surface area (Å²) in [6, 6.07) is 0. The molecule has 0 saturated heterocycles. The van der Waals surface area contributed by atoms with Gasteiger partial charge in [-0.15, -0.1) is 0 Å². The highest BCUT2D eigenvalue weighted by Crippen LogP contribution is 2.14. The van der Waals surface area contributed by atoms with Gasteiger partial charge in [-0.3, -0.25) is 0 Å². The molecular formula is C10H22O.